The van der Waals surface area contributed by atoms with Crippen LogP contribution in [0.3, 0.4) is 0 Å². The fourth-order valence-corrected chi connectivity index (χ4v) is 4.13. The average molecular weight is 546 g/mol. The highest BCUT2D eigenvalue weighted by Crippen LogP contribution is 2.33. The fourth-order valence-electron chi connectivity index (χ4n) is 3.84. The summed E-state index contributed by atoms with van der Waals surface area (Å²) in [6.45, 7) is 5.59. The molecule has 1 aromatic rings. The van der Waals surface area contributed by atoms with Gasteiger partial charge in [0, 0.05) is 23.8 Å². The number of urea groups is 1. The lowest BCUT2D eigenvalue weighted by molar-refractivity contribution is -0.0943. The van der Waals surface area contributed by atoms with Crippen molar-refractivity contribution in [3.05, 3.63) is 52.3 Å². The van der Waals surface area contributed by atoms with E-state index in [0.717, 1.165) is 31.2 Å². The van der Waals surface area contributed by atoms with Gasteiger partial charge in [-0.15, -0.1) is 0 Å². The van der Waals surface area contributed by atoms with E-state index in [9.17, 15) is 22.8 Å². The number of esters is 1. The highest BCUT2D eigenvalue weighted by atomic mass is 35.5. The zero-order valence-corrected chi connectivity index (χ0v) is 22.1. The van der Waals surface area contributed by atoms with Crippen LogP contribution in [0.5, 0.6) is 0 Å². The van der Waals surface area contributed by atoms with E-state index in [0.29, 0.717) is 13.0 Å². The van der Waals surface area contributed by atoms with E-state index in [1.54, 1.807) is 39.1 Å². The van der Waals surface area contributed by atoms with Crippen LogP contribution in [0.15, 0.2) is 41.1 Å². The highest BCUT2D eigenvalue weighted by molar-refractivity contribution is 6.31. The molecular formula is C26H35ClF3N3O4. The Morgan fingerprint density at radius 2 is 1.95 bits per heavy atom. The van der Waals surface area contributed by atoms with Crippen LogP contribution in [0.25, 0.3) is 0 Å². The monoisotopic (exact) mass is 545 g/mol. The molecule has 0 radical (unpaired) electrons. The number of carbonyl (C=O) groups excluding carboxylic acids is 2. The molecule has 0 aliphatic heterocycles. The molecule has 37 heavy (non-hydrogen) atoms. The number of alkyl halides is 3. The van der Waals surface area contributed by atoms with Gasteiger partial charge in [0.1, 0.15) is 5.69 Å². The van der Waals surface area contributed by atoms with Gasteiger partial charge in [0.05, 0.1) is 24.4 Å². The molecule has 11 heteroatoms. The minimum Gasteiger partial charge on any atom is -0.458 e. The van der Waals surface area contributed by atoms with E-state index in [1.807, 2.05) is 0 Å². The second-order valence-electron chi connectivity index (χ2n) is 9.12. The van der Waals surface area contributed by atoms with Crippen molar-refractivity contribution in [2.24, 2.45) is 0 Å². The molecule has 1 aromatic heterocycles. The van der Waals surface area contributed by atoms with Crippen molar-refractivity contribution < 1.29 is 32.2 Å². The third-order valence-corrected chi connectivity index (χ3v) is 6.00. The topological polar surface area (TPSA) is 89.5 Å². The molecule has 1 aliphatic rings. The van der Waals surface area contributed by atoms with Gasteiger partial charge in [0.15, 0.2) is 0 Å². The van der Waals surface area contributed by atoms with Gasteiger partial charge >= 0.3 is 18.2 Å². The van der Waals surface area contributed by atoms with E-state index in [2.05, 4.69) is 15.6 Å². The lowest BCUT2D eigenvalue weighted by Gasteiger charge is -2.29. The first-order valence-corrected chi connectivity index (χ1v) is 12.8. The summed E-state index contributed by atoms with van der Waals surface area (Å²) in [7, 11) is 0. The van der Waals surface area contributed by atoms with Crippen LogP contribution in [-0.2, 0) is 16.1 Å². The molecule has 2 amide bonds. The van der Waals surface area contributed by atoms with Gasteiger partial charge in [-0.1, -0.05) is 31.0 Å². The van der Waals surface area contributed by atoms with E-state index in [4.69, 9.17) is 21.1 Å². The maximum atomic E-state index is 13.0. The molecule has 0 unspecified atom stereocenters. The van der Waals surface area contributed by atoms with Crippen LogP contribution in [0.2, 0.25) is 0 Å². The summed E-state index contributed by atoms with van der Waals surface area (Å²) in [5, 5.41) is 5.12. The Kier molecular flexibility index (Phi) is 12.4. The summed E-state index contributed by atoms with van der Waals surface area (Å²) in [5.41, 5.74) is 0.295. The maximum absolute atomic E-state index is 13.0. The Morgan fingerprint density at radius 1 is 1.24 bits per heavy atom. The molecule has 7 nitrogen and oxygen atoms in total. The first kappa shape index (κ1) is 30.6. The van der Waals surface area contributed by atoms with Gasteiger partial charge in [0.2, 0.25) is 0 Å². The fraction of sp³-hybridized carbons (Fsp3) is 0.577. The van der Waals surface area contributed by atoms with E-state index < -0.39 is 23.7 Å². The summed E-state index contributed by atoms with van der Waals surface area (Å²) in [5.74, 6) is -0.473. The number of rotatable bonds is 11. The number of nitrogens with one attached hydrogen (secondary N) is 2. The van der Waals surface area contributed by atoms with Gasteiger partial charge in [-0.25, -0.2) is 14.6 Å². The maximum Gasteiger partial charge on any atom is 0.414 e. The number of hydrogen-bond donors (Lipinski definition) is 2. The molecule has 0 spiro atoms. The van der Waals surface area contributed by atoms with Crippen molar-refractivity contribution in [1.29, 1.82) is 0 Å². The molecule has 1 aliphatic carbocycles. The van der Waals surface area contributed by atoms with E-state index in [-0.39, 0.29) is 41.9 Å². The molecule has 1 saturated carbocycles. The second kappa shape index (κ2) is 15.0. The molecular weight excluding hydrogens is 511 g/mol. The smallest absolute Gasteiger partial charge is 0.414 e. The Morgan fingerprint density at radius 3 is 2.57 bits per heavy atom. The van der Waals surface area contributed by atoms with Crippen molar-refractivity contribution in [1.82, 2.24) is 15.6 Å². The minimum absolute atomic E-state index is 0.0213. The summed E-state index contributed by atoms with van der Waals surface area (Å²) < 4.78 is 50.2. The van der Waals surface area contributed by atoms with Gasteiger partial charge < -0.3 is 20.1 Å². The number of ether oxygens (including phenoxy) is 2. The number of hydrogen-bond acceptors (Lipinski definition) is 5. The van der Waals surface area contributed by atoms with Crippen LogP contribution < -0.4 is 10.6 Å². The van der Waals surface area contributed by atoms with E-state index >= 15 is 0 Å². The van der Waals surface area contributed by atoms with Crippen molar-refractivity contribution in [2.75, 3.05) is 6.54 Å². The molecule has 0 bridgehead atoms. The van der Waals surface area contributed by atoms with Gasteiger partial charge in [-0.3, -0.25) is 0 Å². The number of carbonyl (C=O) groups is 2. The second-order valence-corrected chi connectivity index (χ2v) is 9.53. The lowest BCUT2D eigenvalue weighted by atomic mass is 9.93. The zero-order chi connectivity index (χ0) is 27.4. The van der Waals surface area contributed by atoms with Crippen LogP contribution in [0.1, 0.15) is 75.3 Å². The van der Waals surface area contributed by atoms with E-state index in [1.165, 1.54) is 12.2 Å². The van der Waals surface area contributed by atoms with Crippen molar-refractivity contribution in [2.45, 2.75) is 90.3 Å². The zero-order valence-electron chi connectivity index (χ0n) is 21.4. The van der Waals surface area contributed by atoms with Crippen LogP contribution in [0, 0.1) is 0 Å². The number of amides is 2. The summed E-state index contributed by atoms with van der Waals surface area (Å²) in [6, 6.07) is 3.03. The molecule has 1 heterocycles. The highest BCUT2D eigenvalue weighted by Gasteiger charge is 2.34. The SMILES string of the molecule is CCC/C(=C(Cl)\C=C/CNC(=O)NC1CCC(OCc2ccnc(C(=O)OC(C)C)c2)CC1)C(F)(F)F. The lowest BCUT2D eigenvalue weighted by Crippen LogP contribution is -2.44. The van der Waals surface area contributed by atoms with Gasteiger partial charge in [-0.05, 0) is 69.7 Å². The standard InChI is InChI=1S/C26H35ClF3N3O4/c1-4-6-21(26(28,29)30)22(27)7-5-13-32-25(35)33-19-8-10-20(11-9-19)36-16-18-12-14-31-23(15-18)24(34)37-17(2)3/h5,7,12,14-15,17,19-20H,4,6,8-11,13,16H2,1-3H3,(H2,32,33,35)/b7-5-,22-21-. The number of nitrogens with zero attached hydrogens (tertiary/aromatic N) is 1. The van der Waals surface area contributed by atoms with Crippen LogP contribution in [-0.4, -0.2) is 48.0 Å². The Labute approximate surface area is 220 Å². The number of aromatic nitrogens is 1. The third-order valence-electron chi connectivity index (χ3n) is 5.65. The molecule has 0 atom stereocenters. The number of halogens is 4. The molecule has 1 fully saturated rings. The van der Waals surface area contributed by atoms with Gasteiger partial charge in [-0.2, -0.15) is 13.2 Å². The van der Waals surface area contributed by atoms with Crippen LogP contribution in [0.4, 0.5) is 18.0 Å². The summed E-state index contributed by atoms with van der Waals surface area (Å²) in [6.07, 6.45) is 2.58. The Bertz CT molecular complexity index is 959. The molecule has 0 saturated heterocycles. The van der Waals surface area contributed by atoms with Crippen molar-refractivity contribution >= 4 is 23.6 Å². The van der Waals surface area contributed by atoms with Gasteiger partial charge in [0.25, 0.3) is 0 Å². The summed E-state index contributed by atoms with van der Waals surface area (Å²) >= 11 is 5.81. The minimum atomic E-state index is -4.48. The molecule has 2 rings (SSSR count). The first-order valence-electron chi connectivity index (χ1n) is 12.4. The van der Waals surface area contributed by atoms with Crippen molar-refractivity contribution in [3.8, 4) is 0 Å². The number of pyridine rings is 1. The summed E-state index contributed by atoms with van der Waals surface area (Å²) in [4.78, 5) is 28.2. The Hall–Kier alpha value is -2.59. The average Bonchev–Trinajstić information content (AvgIpc) is 2.83. The molecule has 2 N–H and O–H groups in total. The van der Waals surface area contributed by atoms with Crippen LogP contribution >= 0.6 is 11.6 Å². The largest absolute Gasteiger partial charge is 0.458 e. The Balaban J connectivity index is 1.71. The predicted octanol–water partition coefficient (Wildman–Crippen LogP) is 6.19. The van der Waals surface area contributed by atoms with Crippen molar-refractivity contribution in [3.63, 3.8) is 0 Å². The number of allylic oxidation sites excluding steroid dienone is 3. The molecule has 0 aromatic carbocycles. The first-order chi connectivity index (χ1) is 17.5. The normalized spacial score (nSPS) is 19.0. The predicted molar refractivity (Wildman–Crippen MR) is 135 cm³/mol. The third kappa shape index (κ3) is 11.1. The molecule has 206 valence electrons. The quantitative estimate of drug-likeness (QED) is 0.256.